The molecule has 0 aromatic heterocycles. The van der Waals surface area contributed by atoms with Crippen LogP contribution in [0.2, 0.25) is 0 Å². The molecule has 1 aliphatic rings. The van der Waals surface area contributed by atoms with Gasteiger partial charge in [0.15, 0.2) is 0 Å². The van der Waals surface area contributed by atoms with Crippen molar-refractivity contribution in [2.45, 2.75) is 45.1 Å². The Morgan fingerprint density at radius 2 is 1.79 bits per heavy atom. The lowest BCUT2D eigenvalue weighted by Crippen LogP contribution is -2.38. The average Bonchev–Trinajstić information content (AvgIpc) is 2.60. The fourth-order valence-corrected chi connectivity index (χ4v) is 2.78. The van der Waals surface area contributed by atoms with Crippen LogP contribution in [0.1, 0.15) is 49.4 Å². The number of likely N-dealkylation sites (tertiary alicyclic amines) is 1. The number of hydrogen-bond acceptors (Lipinski definition) is 4. The van der Waals surface area contributed by atoms with Crippen LogP contribution in [0.25, 0.3) is 0 Å². The minimum atomic E-state index is -0.201. The number of rotatable bonds is 9. The topological polar surface area (TPSA) is 38.8 Å². The fourth-order valence-electron chi connectivity index (χ4n) is 2.78. The van der Waals surface area contributed by atoms with E-state index < -0.39 is 0 Å². The van der Waals surface area contributed by atoms with E-state index in [2.05, 4.69) is 11.8 Å². The number of halogens is 1. The Bertz CT molecular complexity index is 447. The van der Waals surface area contributed by atoms with E-state index in [4.69, 9.17) is 9.47 Å². The smallest absolute Gasteiger partial charge is 0.338 e. The van der Waals surface area contributed by atoms with Crippen molar-refractivity contribution in [2.24, 2.45) is 0 Å². The molecule has 0 saturated carbocycles. The number of carbonyl (C=O) groups is 1. The third-order valence-electron chi connectivity index (χ3n) is 4.22. The lowest BCUT2D eigenvalue weighted by molar-refractivity contribution is 0.0103. The molecule has 2 rings (SSSR count). The van der Waals surface area contributed by atoms with Crippen molar-refractivity contribution >= 4 is 18.4 Å². The van der Waals surface area contributed by atoms with E-state index in [1.165, 1.54) is 6.42 Å². The van der Waals surface area contributed by atoms with Crippen molar-refractivity contribution < 1.29 is 14.3 Å². The molecule has 0 N–H and O–H groups in total. The van der Waals surface area contributed by atoms with Gasteiger partial charge in [0.2, 0.25) is 0 Å². The lowest BCUT2D eigenvalue weighted by atomic mass is 10.1. The molecule has 0 unspecified atom stereocenters. The molecule has 0 bridgehead atoms. The number of nitrogens with zero attached hydrogens (tertiary/aromatic N) is 1. The van der Waals surface area contributed by atoms with Gasteiger partial charge in [-0.2, -0.15) is 0 Å². The first-order valence-electron chi connectivity index (χ1n) is 8.85. The minimum Gasteiger partial charge on any atom is -0.459 e. The van der Waals surface area contributed by atoms with Gasteiger partial charge in [-0.25, -0.2) is 4.79 Å². The van der Waals surface area contributed by atoms with Crippen molar-refractivity contribution in [3.8, 4) is 0 Å². The third-order valence-corrected chi connectivity index (χ3v) is 4.22. The molecule has 0 aliphatic carbocycles. The van der Waals surface area contributed by atoms with E-state index in [1.54, 1.807) is 12.1 Å². The molecule has 0 amide bonds. The molecule has 1 aliphatic heterocycles. The molecular weight excluding hydrogens is 326 g/mol. The standard InChI is InChI=1S/C19H29NO3.ClH/c1-2-3-15-22-16-7-12-20-13-10-18(11-14-20)23-19(21)17-8-5-4-6-9-17;/h4-6,8-9,18H,2-3,7,10-16H2,1H3;1H. The summed E-state index contributed by atoms with van der Waals surface area (Å²) in [6.07, 6.45) is 5.33. The second-order valence-corrected chi connectivity index (χ2v) is 6.13. The summed E-state index contributed by atoms with van der Waals surface area (Å²) in [5.41, 5.74) is 0.638. The van der Waals surface area contributed by atoms with E-state index in [-0.39, 0.29) is 24.5 Å². The Morgan fingerprint density at radius 3 is 2.46 bits per heavy atom. The molecule has 1 aromatic carbocycles. The van der Waals surface area contributed by atoms with Crippen molar-refractivity contribution in [2.75, 3.05) is 32.8 Å². The number of hydrogen-bond donors (Lipinski definition) is 0. The van der Waals surface area contributed by atoms with Crippen LogP contribution in [-0.2, 0) is 9.47 Å². The third kappa shape index (κ3) is 7.65. The van der Waals surface area contributed by atoms with Gasteiger partial charge in [0, 0.05) is 32.8 Å². The van der Waals surface area contributed by atoms with Crippen LogP contribution in [0.3, 0.4) is 0 Å². The van der Waals surface area contributed by atoms with Crippen molar-refractivity contribution in [3.63, 3.8) is 0 Å². The van der Waals surface area contributed by atoms with Crippen molar-refractivity contribution in [3.05, 3.63) is 35.9 Å². The number of esters is 1. The molecule has 0 radical (unpaired) electrons. The summed E-state index contributed by atoms with van der Waals surface area (Å²) >= 11 is 0. The van der Waals surface area contributed by atoms with Gasteiger partial charge in [-0.15, -0.1) is 12.4 Å². The number of carbonyl (C=O) groups excluding carboxylic acids is 1. The van der Waals surface area contributed by atoms with E-state index >= 15 is 0 Å². The summed E-state index contributed by atoms with van der Waals surface area (Å²) < 4.78 is 11.2. The maximum Gasteiger partial charge on any atom is 0.338 e. The van der Waals surface area contributed by atoms with Crippen LogP contribution in [0.4, 0.5) is 0 Å². The zero-order chi connectivity index (χ0) is 16.3. The van der Waals surface area contributed by atoms with E-state index in [1.807, 2.05) is 18.2 Å². The maximum atomic E-state index is 12.0. The van der Waals surface area contributed by atoms with Gasteiger partial charge >= 0.3 is 5.97 Å². The summed E-state index contributed by atoms with van der Waals surface area (Å²) in [6, 6.07) is 9.23. The van der Waals surface area contributed by atoms with Crippen LogP contribution in [0, 0.1) is 0 Å². The summed E-state index contributed by atoms with van der Waals surface area (Å²) in [5, 5.41) is 0. The first-order valence-corrected chi connectivity index (χ1v) is 8.85. The largest absolute Gasteiger partial charge is 0.459 e. The van der Waals surface area contributed by atoms with Crippen molar-refractivity contribution in [1.82, 2.24) is 4.90 Å². The zero-order valence-corrected chi connectivity index (χ0v) is 15.4. The second-order valence-electron chi connectivity index (χ2n) is 6.13. The van der Waals surface area contributed by atoms with Crippen LogP contribution >= 0.6 is 12.4 Å². The van der Waals surface area contributed by atoms with Gasteiger partial charge in [0.05, 0.1) is 5.56 Å². The number of unbranched alkanes of at least 4 members (excludes halogenated alkanes) is 1. The van der Waals surface area contributed by atoms with Gasteiger partial charge in [-0.3, -0.25) is 0 Å². The van der Waals surface area contributed by atoms with E-state index in [0.29, 0.717) is 5.56 Å². The average molecular weight is 356 g/mol. The first-order chi connectivity index (χ1) is 11.3. The predicted octanol–water partition coefficient (Wildman–Crippen LogP) is 3.94. The Balaban J connectivity index is 0.00000288. The predicted molar refractivity (Wildman–Crippen MR) is 98.9 cm³/mol. The fraction of sp³-hybridized carbons (Fsp3) is 0.632. The summed E-state index contributed by atoms with van der Waals surface area (Å²) in [7, 11) is 0. The summed E-state index contributed by atoms with van der Waals surface area (Å²) in [5.74, 6) is -0.201. The highest BCUT2D eigenvalue weighted by atomic mass is 35.5. The quantitative estimate of drug-likeness (QED) is 0.497. The van der Waals surface area contributed by atoms with Gasteiger partial charge in [0.25, 0.3) is 0 Å². The highest BCUT2D eigenvalue weighted by molar-refractivity contribution is 5.89. The number of piperidine rings is 1. The molecule has 4 nitrogen and oxygen atoms in total. The van der Waals surface area contributed by atoms with Gasteiger partial charge < -0.3 is 14.4 Å². The highest BCUT2D eigenvalue weighted by Gasteiger charge is 2.22. The summed E-state index contributed by atoms with van der Waals surface area (Å²) in [4.78, 5) is 14.5. The SMILES string of the molecule is CCCCOCCCN1CCC(OC(=O)c2ccccc2)CC1.Cl. The molecule has 1 aromatic rings. The maximum absolute atomic E-state index is 12.0. The minimum absolute atomic E-state index is 0. The van der Waals surface area contributed by atoms with Crippen molar-refractivity contribution in [1.29, 1.82) is 0 Å². The normalized spacial score (nSPS) is 15.7. The number of benzene rings is 1. The van der Waals surface area contributed by atoms with Crippen LogP contribution in [0.5, 0.6) is 0 Å². The Labute approximate surface area is 151 Å². The molecule has 5 heteroatoms. The Hall–Kier alpha value is -1.10. The molecule has 0 atom stereocenters. The monoisotopic (exact) mass is 355 g/mol. The van der Waals surface area contributed by atoms with E-state index in [9.17, 15) is 4.79 Å². The molecule has 136 valence electrons. The molecule has 1 fully saturated rings. The first kappa shape index (κ1) is 20.9. The molecule has 1 saturated heterocycles. The van der Waals surface area contributed by atoms with Gasteiger partial charge in [0.1, 0.15) is 6.10 Å². The Kier molecular flexibility index (Phi) is 10.7. The van der Waals surface area contributed by atoms with Crippen LogP contribution in [-0.4, -0.2) is 49.8 Å². The van der Waals surface area contributed by atoms with Gasteiger partial charge in [-0.05, 0) is 37.8 Å². The summed E-state index contributed by atoms with van der Waals surface area (Å²) in [6.45, 7) is 6.99. The van der Waals surface area contributed by atoms with Gasteiger partial charge in [-0.1, -0.05) is 31.5 Å². The highest BCUT2D eigenvalue weighted by Crippen LogP contribution is 2.16. The lowest BCUT2D eigenvalue weighted by Gasteiger charge is -2.31. The van der Waals surface area contributed by atoms with Crippen LogP contribution in [0.15, 0.2) is 30.3 Å². The number of ether oxygens (including phenoxy) is 2. The molecule has 24 heavy (non-hydrogen) atoms. The van der Waals surface area contributed by atoms with Crippen LogP contribution < -0.4 is 0 Å². The molecular formula is C19H30ClNO3. The Morgan fingerprint density at radius 1 is 1.12 bits per heavy atom. The zero-order valence-electron chi connectivity index (χ0n) is 14.6. The van der Waals surface area contributed by atoms with E-state index in [0.717, 1.165) is 58.5 Å². The molecule has 1 heterocycles. The molecule has 0 spiro atoms. The second kappa shape index (κ2) is 12.3.